The molecular formula is C12H8ClF3N2O3. The summed E-state index contributed by atoms with van der Waals surface area (Å²) in [4.78, 5) is 11.0. The molecular weight excluding hydrogens is 313 g/mol. The third-order valence-corrected chi connectivity index (χ3v) is 2.96. The highest BCUT2D eigenvalue weighted by molar-refractivity contribution is 6.33. The van der Waals surface area contributed by atoms with Crippen LogP contribution in [0.15, 0.2) is 24.3 Å². The summed E-state index contributed by atoms with van der Waals surface area (Å²) >= 11 is 5.74. The number of aromatic carboxylic acids is 1. The normalized spacial score (nSPS) is 11.5. The molecule has 112 valence electrons. The second-order valence-electron chi connectivity index (χ2n) is 3.93. The maximum Gasteiger partial charge on any atom is 0.436 e. The summed E-state index contributed by atoms with van der Waals surface area (Å²) in [6.07, 6.45) is -4.93. The highest BCUT2D eigenvalue weighted by Gasteiger charge is 2.41. The lowest BCUT2D eigenvalue weighted by Crippen LogP contribution is -2.12. The van der Waals surface area contributed by atoms with E-state index in [2.05, 4.69) is 5.10 Å². The van der Waals surface area contributed by atoms with E-state index >= 15 is 0 Å². The smallest absolute Gasteiger partial charge is 0.436 e. The van der Waals surface area contributed by atoms with Crippen molar-refractivity contribution < 1.29 is 27.8 Å². The van der Waals surface area contributed by atoms with E-state index in [0.717, 1.165) is 0 Å². The number of benzene rings is 1. The maximum atomic E-state index is 12.8. The summed E-state index contributed by atoms with van der Waals surface area (Å²) in [5, 5.41) is 11.5. The Morgan fingerprint density at radius 2 is 2.10 bits per heavy atom. The predicted octanol–water partition coefficient (Wildman–Crippen LogP) is 3.25. The number of methoxy groups -OCH3 is 1. The average molecular weight is 321 g/mol. The van der Waals surface area contributed by atoms with Gasteiger partial charge in [0.05, 0.1) is 12.8 Å². The van der Waals surface area contributed by atoms with Gasteiger partial charge in [0.1, 0.15) is 16.5 Å². The Balaban J connectivity index is 2.68. The van der Waals surface area contributed by atoms with E-state index in [0.29, 0.717) is 10.4 Å². The zero-order valence-corrected chi connectivity index (χ0v) is 11.2. The van der Waals surface area contributed by atoms with Gasteiger partial charge in [-0.3, -0.25) is 0 Å². The standard InChI is InChI=1S/C12H8ClF3N2O3/c1-21-7-4-2-3-6(5-7)18-10(13)8(11(19)20)9(17-18)12(14,15)16/h2-5H,1H3,(H,19,20). The molecule has 0 aliphatic heterocycles. The van der Waals surface area contributed by atoms with Gasteiger partial charge in [-0.15, -0.1) is 0 Å². The van der Waals surface area contributed by atoms with E-state index < -0.39 is 28.6 Å². The van der Waals surface area contributed by atoms with Crippen LogP contribution >= 0.6 is 11.6 Å². The number of alkyl halides is 3. The van der Waals surface area contributed by atoms with Crippen LogP contribution in [0.25, 0.3) is 5.69 Å². The Morgan fingerprint density at radius 3 is 2.57 bits per heavy atom. The molecule has 9 heteroatoms. The number of carboxylic acids is 1. The van der Waals surface area contributed by atoms with Crippen LogP contribution in [0, 0.1) is 0 Å². The van der Waals surface area contributed by atoms with Gasteiger partial charge in [0, 0.05) is 6.07 Å². The second-order valence-corrected chi connectivity index (χ2v) is 4.29. The number of nitrogens with zero attached hydrogens (tertiary/aromatic N) is 2. The Labute approximate surface area is 121 Å². The SMILES string of the molecule is COc1cccc(-n2nc(C(F)(F)F)c(C(=O)O)c2Cl)c1. The van der Waals surface area contributed by atoms with Gasteiger partial charge in [-0.2, -0.15) is 18.3 Å². The molecule has 5 nitrogen and oxygen atoms in total. The Morgan fingerprint density at radius 1 is 1.43 bits per heavy atom. The van der Waals surface area contributed by atoms with E-state index in [4.69, 9.17) is 21.4 Å². The van der Waals surface area contributed by atoms with Gasteiger partial charge in [0.2, 0.25) is 0 Å². The summed E-state index contributed by atoms with van der Waals surface area (Å²) in [5.41, 5.74) is -2.49. The fraction of sp³-hybridized carbons (Fsp3) is 0.167. The minimum absolute atomic E-state index is 0.150. The van der Waals surface area contributed by atoms with Crippen LogP contribution in [0.3, 0.4) is 0 Å². The summed E-state index contributed by atoms with van der Waals surface area (Å²) in [6, 6.07) is 5.89. The van der Waals surface area contributed by atoms with Crippen molar-refractivity contribution in [3.05, 3.63) is 40.7 Å². The van der Waals surface area contributed by atoms with E-state index in [1.54, 1.807) is 6.07 Å². The molecule has 0 atom stereocenters. The minimum Gasteiger partial charge on any atom is -0.497 e. The van der Waals surface area contributed by atoms with Gasteiger partial charge in [-0.1, -0.05) is 17.7 Å². The van der Waals surface area contributed by atoms with Crippen molar-refractivity contribution in [2.24, 2.45) is 0 Å². The van der Waals surface area contributed by atoms with Crippen LogP contribution in [0.1, 0.15) is 16.1 Å². The van der Waals surface area contributed by atoms with Crippen molar-refractivity contribution >= 4 is 17.6 Å². The summed E-state index contributed by atoms with van der Waals surface area (Å²) < 4.78 is 44.2. The molecule has 0 unspecified atom stereocenters. The Kier molecular flexibility index (Phi) is 3.82. The lowest BCUT2D eigenvalue weighted by atomic mass is 10.2. The first kappa shape index (κ1) is 15.2. The molecule has 0 fully saturated rings. The molecule has 0 spiro atoms. The zero-order chi connectivity index (χ0) is 15.8. The van der Waals surface area contributed by atoms with Gasteiger partial charge >= 0.3 is 12.1 Å². The molecule has 1 aromatic heterocycles. The molecule has 0 radical (unpaired) electrons. The molecule has 1 aromatic carbocycles. The first-order chi connectivity index (χ1) is 9.75. The first-order valence-corrected chi connectivity index (χ1v) is 5.87. The van der Waals surface area contributed by atoms with E-state index in [-0.39, 0.29) is 5.69 Å². The fourth-order valence-electron chi connectivity index (χ4n) is 1.70. The van der Waals surface area contributed by atoms with Crippen LogP contribution in [0.5, 0.6) is 5.75 Å². The monoisotopic (exact) mass is 320 g/mol. The minimum atomic E-state index is -4.93. The van der Waals surface area contributed by atoms with Crippen molar-refractivity contribution in [2.75, 3.05) is 7.11 Å². The van der Waals surface area contributed by atoms with E-state index in [1.807, 2.05) is 0 Å². The van der Waals surface area contributed by atoms with Crippen LogP contribution < -0.4 is 4.74 Å². The van der Waals surface area contributed by atoms with Gasteiger partial charge in [0.15, 0.2) is 5.69 Å². The molecule has 0 saturated heterocycles. The van der Waals surface area contributed by atoms with E-state index in [1.165, 1.54) is 25.3 Å². The number of halogens is 4. The third-order valence-electron chi connectivity index (χ3n) is 2.61. The number of hydrogen-bond acceptors (Lipinski definition) is 3. The number of aromatic nitrogens is 2. The van der Waals surface area contributed by atoms with Gasteiger partial charge < -0.3 is 9.84 Å². The molecule has 0 aliphatic carbocycles. The van der Waals surface area contributed by atoms with Crippen LogP contribution in [0.2, 0.25) is 5.15 Å². The number of carbonyl (C=O) groups is 1. The lowest BCUT2D eigenvalue weighted by Gasteiger charge is -2.05. The molecule has 0 saturated carbocycles. The highest BCUT2D eigenvalue weighted by Crippen LogP contribution is 2.35. The Bertz CT molecular complexity index is 698. The first-order valence-electron chi connectivity index (χ1n) is 5.49. The fourth-order valence-corrected chi connectivity index (χ4v) is 2.00. The molecule has 1 N–H and O–H groups in total. The number of hydrogen-bond donors (Lipinski definition) is 1. The van der Waals surface area contributed by atoms with E-state index in [9.17, 15) is 18.0 Å². The Hall–Kier alpha value is -2.22. The van der Waals surface area contributed by atoms with Crippen molar-refractivity contribution in [2.45, 2.75) is 6.18 Å². The van der Waals surface area contributed by atoms with Gasteiger partial charge in [-0.05, 0) is 12.1 Å². The van der Waals surface area contributed by atoms with Crippen LogP contribution in [0.4, 0.5) is 13.2 Å². The molecule has 0 amide bonds. The van der Waals surface area contributed by atoms with Crippen molar-refractivity contribution in [3.63, 3.8) is 0 Å². The molecule has 0 aliphatic rings. The van der Waals surface area contributed by atoms with Crippen molar-refractivity contribution in [1.82, 2.24) is 9.78 Å². The molecule has 2 rings (SSSR count). The summed E-state index contributed by atoms with van der Waals surface area (Å²) in [7, 11) is 1.38. The lowest BCUT2D eigenvalue weighted by molar-refractivity contribution is -0.141. The molecule has 1 heterocycles. The third kappa shape index (κ3) is 2.80. The zero-order valence-electron chi connectivity index (χ0n) is 10.5. The average Bonchev–Trinajstić information content (AvgIpc) is 2.76. The summed E-state index contributed by atoms with van der Waals surface area (Å²) in [5.74, 6) is -1.44. The second kappa shape index (κ2) is 5.28. The quantitative estimate of drug-likeness (QED) is 0.943. The maximum absolute atomic E-state index is 12.8. The number of ether oxygens (including phenoxy) is 1. The summed E-state index contributed by atoms with van der Waals surface area (Å²) in [6.45, 7) is 0. The predicted molar refractivity (Wildman–Crippen MR) is 67.1 cm³/mol. The van der Waals surface area contributed by atoms with Gasteiger partial charge in [0.25, 0.3) is 0 Å². The number of rotatable bonds is 3. The number of carboxylic acid groups (broad SMARTS) is 1. The van der Waals surface area contributed by atoms with Crippen molar-refractivity contribution in [1.29, 1.82) is 0 Å². The highest BCUT2D eigenvalue weighted by atomic mass is 35.5. The molecule has 0 bridgehead atoms. The van der Waals surface area contributed by atoms with Crippen LogP contribution in [-0.2, 0) is 6.18 Å². The molecule has 2 aromatic rings. The largest absolute Gasteiger partial charge is 0.497 e. The van der Waals surface area contributed by atoms with Crippen molar-refractivity contribution in [3.8, 4) is 11.4 Å². The molecule has 21 heavy (non-hydrogen) atoms. The van der Waals surface area contributed by atoms with Gasteiger partial charge in [-0.25, -0.2) is 9.48 Å². The topological polar surface area (TPSA) is 64.4 Å². The van der Waals surface area contributed by atoms with Crippen LogP contribution in [-0.4, -0.2) is 28.0 Å².